The summed E-state index contributed by atoms with van der Waals surface area (Å²) in [6.07, 6.45) is 0. The van der Waals surface area contributed by atoms with E-state index >= 15 is 0 Å². The molecule has 0 bridgehead atoms. The zero-order chi connectivity index (χ0) is 20.9. The smallest absolute Gasteiger partial charge is 0.259 e. The van der Waals surface area contributed by atoms with Crippen LogP contribution >= 0.6 is 34.5 Å². The standard InChI is InChI=1S/C21H17Cl2N3O2S/c1-21(2)14-8-11(4-7-17(14)26(3)19(21)28)16-10-29-20(24-16)25-18(27)13-9-12(22)5-6-15(13)23/h4-10H,1-3H3,(H,24,25,27). The van der Waals surface area contributed by atoms with E-state index in [2.05, 4.69) is 10.3 Å². The molecule has 5 nitrogen and oxygen atoms in total. The monoisotopic (exact) mass is 445 g/mol. The number of carbonyl (C=O) groups is 2. The normalized spacial score (nSPS) is 14.8. The third-order valence-electron chi connectivity index (χ3n) is 5.06. The average molecular weight is 446 g/mol. The summed E-state index contributed by atoms with van der Waals surface area (Å²) >= 11 is 13.4. The van der Waals surface area contributed by atoms with E-state index in [4.69, 9.17) is 23.2 Å². The molecule has 0 fully saturated rings. The maximum absolute atomic E-state index is 12.5. The first-order valence-corrected chi connectivity index (χ1v) is 10.5. The van der Waals surface area contributed by atoms with Crippen LogP contribution in [0.25, 0.3) is 11.3 Å². The second kappa shape index (κ2) is 7.13. The second-order valence-corrected chi connectivity index (χ2v) is 9.04. The summed E-state index contributed by atoms with van der Waals surface area (Å²) in [7, 11) is 1.78. The van der Waals surface area contributed by atoms with Gasteiger partial charge in [-0.05, 0) is 49.7 Å². The number of halogens is 2. The number of thiazole rings is 1. The van der Waals surface area contributed by atoms with Crippen molar-refractivity contribution in [2.75, 3.05) is 17.3 Å². The zero-order valence-corrected chi connectivity index (χ0v) is 18.2. The van der Waals surface area contributed by atoms with Crippen LogP contribution in [-0.4, -0.2) is 23.8 Å². The molecule has 2 aromatic carbocycles. The lowest BCUT2D eigenvalue weighted by Gasteiger charge is -2.16. The fraction of sp³-hybridized carbons (Fsp3) is 0.190. The summed E-state index contributed by atoms with van der Waals surface area (Å²) in [5, 5.41) is 5.83. The Morgan fingerprint density at radius 2 is 1.93 bits per heavy atom. The molecule has 4 rings (SSSR count). The molecule has 1 aliphatic rings. The molecule has 0 atom stereocenters. The van der Waals surface area contributed by atoms with Crippen LogP contribution < -0.4 is 10.2 Å². The van der Waals surface area contributed by atoms with Crippen molar-refractivity contribution in [3.05, 3.63) is 63.0 Å². The minimum Gasteiger partial charge on any atom is -0.314 e. The van der Waals surface area contributed by atoms with Gasteiger partial charge in [0.2, 0.25) is 5.91 Å². The molecule has 1 aliphatic heterocycles. The quantitative estimate of drug-likeness (QED) is 0.568. The minimum atomic E-state index is -0.587. The van der Waals surface area contributed by atoms with E-state index in [0.717, 1.165) is 22.5 Å². The summed E-state index contributed by atoms with van der Waals surface area (Å²) < 4.78 is 0. The number of aromatic nitrogens is 1. The molecule has 0 radical (unpaired) electrons. The molecule has 148 valence electrons. The Labute approximate surface area is 182 Å². The maximum atomic E-state index is 12.5. The fourth-order valence-electron chi connectivity index (χ4n) is 3.43. The van der Waals surface area contributed by atoms with Crippen molar-refractivity contribution in [1.29, 1.82) is 0 Å². The third kappa shape index (κ3) is 3.41. The summed E-state index contributed by atoms with van der Waals surface area (Å²) in [6.45, 7) is 3.84. The molecule has 0 aliphatic carbocycles. The number of hydrogen-bond donors (Lipinski definition) is 1. The second-order valence-electron chi connectivity index (χ2n) is 7.34. The van der Waals surface area contributed by atoms with E-state index in [0.29, 0.717) is 15.2 Å². The highest BCUT2D eigenvalue weighted by Gasteiger charge is 2.42. The molecule has 3 aromatic rings. The Hall–Kier alpha value is -2.41. The fourth-order valence-corrected chi connectivity index (χ4v) is 4.52. The van der Waals surface area contributed by atoms with Gasteiger partial charge >= 0.3 is 0 Å². The molecule has 0 unspecified atom stereocenters. The largest absolute Gasteiger partial charge is 0.314 e. The van der Waals surface area contributed by atoms with Crippen LogP contribution in [0.3, 0.4) is 0 Å². The third-order valence-corrected chi connectivity index (χ3v) is 6.39. The van der Waals surface area contributed by atoms with Crippen molar-refractivity contribution in [3.63, 3.8) is 0 Å². The molecule has 29 heavy (non-hydrogen) atoms. The minimum absolute atomic E-state index is 0.0641. The number of rotatable bonds is 3. The molecular weight excluding hydrogens is 429 g/mol. The number of nitrogens with zero attached hydrogens (tertiary/aromatic N) is 2. The number of anilines is 2. The van der Waals surface area contributed by atoms with Gasteiger partial charge in [0.1, 0.15) is 0 Å². The predicted octanol–water partition coefficient (Wildman–Crippen LogP) is 5.62. The topological polar surface area (TPSA) is 62.3 Å². The van der Waals surface area contributed by atoms with Crippen LogP contribution in [0.2, 0.25) is 10.0 Å². The van der Waals surface area contributed by atoms with Gasteiger partial charge in [-0.3, -0.25) is 14.9 Å². The lowest BCUT2D eigenvalue weighted by molar-refractivity contribution is -0.121. The van der Waals surface area contributed by atoms with Gasteiger partial charge in [0, 0.05) is 28.7 Å². The van der Waals surface area contributed by atoms with Crippen molar-refractivity contribution in [1.82, 2.24) is 4.98 Å². The lowest BCUT2D eigenvalue weighted by Crippen LogP contribution is -2.33. The number of carbonyl (C=O) groups excluding carboxylic acids is 2. The summed E-state index contributed by atoms with van der Waals surface area (Å²) in [4.78, 5) is 31.2. The van der Waals surface area contributed by atoms with E-state index in [1.807, 2.05) is 37.4 Å². The van der Waals surface area contributed by atoms with Crippen LogP contribution in [0.4, 0.5) is 10.8 Å². The van der Waals surface area contributed by atoms with Crippen LogP contribution in [-0.2, 0) is 10.2 Å². The molecule has 0 spiro atoms. The van der Waals surface area contributed by atoms with Crippen LogP contribution in [0, 0.1) is 0 Å². The summed E-state index contributed by atoms with van der Waals surface area (Å²) in [5.41, 5.74) is 3.18. The molecule has 0 saturated heterocycles. The van der Waals surface area contributed by atoms with Gasteiger partial charge in [-0.25, -0.2) is 4.98 Å². The zero-order valence-electron chi connectivity index (χ0n) is 15.9. The summed E-state index contributed by atoms with van der Waals surface area (Å²) in [5.74, 6) is -0.310. The van der Waals surface area contributed by atoms with Gasteiger partial charge in [-0.1, -0.05) is 29.3 Å². The number of benzene rings is 2. The van der Waals surface area contributed by atoms with Crippen molar-refractivity contribution in [2.45, 2.75) is 19.3 Å². The van der Waals surface area contributed by atoms with Gasteiger partial charge in [0.15, 0.2) is 5.13 Å². The Kier molecular flexibility index (Phi) is 4.89. The highest BCUT2D eigenvalue weighted by Crippen LogP contribution is 2.42. The van der Waals surface area contributed by atoms with Crippen LogP contribution in [0.1, 0.15) is 29.8 Å². The number of nitrogens with one attached hydrogen (secondary N) is 1. The highest BCUT2D eigenvalue weighted by molar-refractivity contribution is 7.14. The van der Waals surface area contributed by atoms with Crippen molar-refractivity contribution in [2.24, 2.45) is 0 Å². The van der Waals surface area contributed by atoms with Gasteiger partial charge < -0.3 is 4.90 Å². The van der Waals surface area contributed by atoms with Crippen LogP contribution in [0.15, 0.2) is 41.8 Å². The number of amides is 2. The van der Waals surface area contributed by atoms with Gasteiger partial charge in [-0.2, -0.15) is 0 Å². The van der Waals surface area contributed by atoms with E-state index in [-0.39, 0.29) is 17.4 Å². The Balaban J connectivity index is 1.61. The van der Waals surface area contributed by atoms with Crippen molar-refractivity contribution >= 4 is 57.2 Å². The molecule has 2 amide bonds. The van der Waals surface area contributed by atoms with Gasteiger partial charge in [0.25, 0.3) is 5.91 Å². The number of fused-ring (bicyclic) bond motifs is 1. The van der Waals surface area contributed by atoms with Gasteiger partial charge in [0.05, 0.1) is 21.7 Å². The average Bonchev–Trinajstić information content (AvgIpc) is 3.22. The van der Waals surface area contributed by atoms with E-state index < -0.39 is 5.41 Å². The maximum Gasteiger partial charge on any atom is 0.259 e. The molecule has 8 heteroatoms. The summed E-state index contributed by atoms with van der Waals surface area (Å²) in [6, 6.07) is 10.6. The first-order valence-electron chi connectivity index (χ1n) is 8.83. The Morgan fingerprint density at radius 1 is 1.17 bits per heavy atom. The highest BCUT2D eigenvalue weighted by atomic mass is 35.5. The van der Waals surface area contributed by atoms with Crippen LogP contribution in [0.5, 0.6) is 0 Å². The van der Waals surface area contributed by atoms with E-state index in [1.54, 1.807) is 24.1 Å². The SMILES string of the molecule is CN1C(=O)C(C)(C)c2cc(-c3csc(NC(=O)c4cc(Cl)ccc4Cl)n3)ccc21. The van der Waals surface area contributed by atoms with Crippen molar-refractivity contribution in [3.8, 4) is 11.3 Å². The Bertz CT molecular complexity index is 1160. The molecule has 1 N–H and O–H groups in total. The Morgan fingerprint density at radius 3 is 2.69 bits per heavy atom. The number of likely N-dealkylation sites (N-methyl/N-ethyl adjacent to an activating group) is 1. The lowest BCUT2D eigenvalue weighted by atomic mass is 9.85. The van der Waals surface area contributed by atoms with E-state index in [9.17, 15) is 9.59 Å². The first kappa shape index (κ1) is 19.9. The van der Waals surface area contributed by atoms with Gasteiger partial charge in [-0.15, -0.1) is 11.3 Å². The van der Waals surface area contributed by atoms with Crippen molar-refractivity contribution < 1.29 is 9.59 Å². The number of hydrogen-bond acceptors (Lipinski definition) is 4. The van der Waals surface area contributed by atoms with E-state index in [1.165, 1.54) is 17.4 Å². The molecule has 1 aromatic heterocycles. The molecule has 2 heterocycles. The molecular formula is C21H17Cl2N3O2S. The molecule has 0 saturated carbocycles. The predicted molar refractivity (Wildman–Crippen MR) is 118 cm³/mol. The first-order chi connectivity index (χ1) is 13.7.